The minimum Gasteiger partial charge on any atom is -0.444 e. The maximum absolute atomic E-state index is 13.3. The molecule has 2 saturated heterocycles. The Morgan fingerprint density at radius 1 is 1.00 bits per heavy atom. The van der Waals surface area contributed by atoms with E-state index in [0.29, 0.717) is 39.3 Å². The van der Waals surface area contributed by atoms with E-state index < -0.39 is 17.3 Å². The van der Waals surface area contributed by atoms with Crippen molar-refractivity contribution in [1.82, 2.24) is 29.8 Å². The highest BCUT2D eigenvalue weighted by atomic mass is 19.4. The largest absolute Gasteiger partial charge is 0.444 e. The molecular formula is C28H34F3N7O3. The van der Waals surface area contributed by atoms with Crippen LogP contribution in [0.3, 0.4) is 0 Å². The molecule has 13 heteroatoms. The van der Waals surface area contributed by atoms with Crippen LogP contribution in [-0.4, -0.2) is 86.6 Å². The highest BCUT2D eigenvalue weighted by Crippen LogP contribution is 2.31. The number of amides is 2. The van der Waals surface area contributed by atoms with E-state index >= 15 is 0 Å². The van der Waals surface area contributed by atoms with Crippen LogP contribution in [0.4, 0.5) is 23.8 Å². The van der Waals surface area contributed by atoms with Crippen molar-refractivity contribution in [3.63, 3.8) is 0 Å². The summed E-state index contributed by atoms with van der Waals surface area (Å²) in [7, 11) is 0. The molecule has 41 heavy (non-hydrogen) atoms. The van der Waals surface area contributed by atoms with Gasteiger partial charge >= 0.3 is 12.3 Å². The maximum atomic E-state index is 13.3. The number of piperazine rings is 1. The maximum Gasteiger partial charge on any atom is 0.416 e. The third kappa shape index (κ3) is 6.66. The van der Waals surface area contributed by atoms with Crippen molar-refractivity contribution in [2.75, 3.05) is 44.2 Å². The number of piperidine rings is 1. The standard InChI is InChI=1S/C28H34F3N7O3/c1-27(2,3)41-26(40)36-14-12-35(13-15-36)24-17-23(32-33-24)19-6-5-10-37(18-19)25(39)22-9-11-38(34-22)21-8-4-7-20(16-21)28(29,30)31/h4,7-9,11,16-17,19H,5-6,10,12-15,18H2,1-3H3,(H,32,33). The molecule has 10 nitrogen and oxygen atoms in total. The van der Waals surface area contributed by atoms with Gasteiger partial charge in [-0.05, 0) is 57.9 Å². The normalized spacial score (nSPS) is 18.5. The molecule has 2 aliphatic heterocycles. The third-order valence-corrected chi connectivity index (χ3v) is 7.23. The fourth-order valence-corrected chi connectivity index (χ4v) is 5.13. The number of H-pyrrole nitrogens is 1. The van der Waals surface area contributed by atoms with Gasteiger partial charge in [-0.1, -0.05) is 6.07 Å². The molecule has 0 bridgehead atoms. The summed E-state index contributed by atoms with van der Waals surface area (Å²) in [5, 5.41) is 11.9. The number of nitrogens with one attached hydrogen (secondary N) is 1. The Morgan fingerprint density at radius 2 is 1.76 bits per heavy atom. The van der Waals surface area contributed by atoms with Gasteiger partial charge < -0.3 is 19.4 Å². The first-order valence-corrected chi connectivity index (χ1v) is 13.7. The average Bonchev–Trinajstić information content (AvgIpc) is 3.62. The first kappa shape index (κ1) is 28.5. The van der Waals surface area contributed by atoms with E-state index in [0.717, 1.165) is 36.5 Å². The smallest absolute Gasteiger partial charge is 0.416 e. The Balaban J connectivity index is 1.19. The Bertz CT molecular complexity index is 1390. The predicted octanol–water partition coefficient (Wildman–Crippen LogP) is 4.69. The number of ether oxygens (including phenoxy) is 1. The predicted molar refractivity (Wildman–Crippen MR) is 145 cm³/mol. The number of aromatic amines is 1. The zero-order valence-electron chi connectivity index (χ0n) is 23.3. The van der Waals surface area contributed by atoms with Crippen LogP contribution < -0.4 is 4.90 Å². The third-order valence-electron chi connectivity index (χ3n) is 7.23. The molecular weight excluding hydrogens is 539 g/mol. The van der Waals surface area contributed by atoms with E-state index in [1.807, 2.05) is 26.8 Å². The second kappa shape index (κ2) is 11.1. The van der Waals surface area contributed by atoms with Gasteiger partial charge in [-0.3, -0.25) is 9.89 Å². The average molecular weight is 574 g/mol. The van der Waals surface area contributed by atoms with E-state index in [4.69, 9.17) is 4.74 Å². The van der Waals surface area contributed by atoms with Crippen molar-refractivity contribution in [2.24, 2.45) is 0 Å². The van der Waals surface area contributed by atoms with E-state index in [1.54, 1.807) is 9.80 Å². The molecule has 1 unspecified atom stereocenters. The van der Waals surface area contributed by atoms with Crippen LogP contribution in [0.15, 0.2) is 42.6 Å². The molecule has 4 heterocycles. The van der Waals surface area contributed by atoms with Crippen LogP contribution in [0.25, 0.3) is 5.69 Å². The number of carbonyl (C=O) groups is 2. The monoisotopic (exact) mass is 573 g/mol. The number of hydrogen-bond acceptors (Lipinski definition) is 6. The Morgan fingerprint density at radius 3 is 2.46 bits per heavy atom. The van der Waals surface area contributed by atoms with Gasteiger partial charge in [0.15, 0.2) is 11.5 Å². The number of nitrogens with zero attached hydrogens (tertiary/aromatic N) is 6. The molecule has 2 fully saturated rings. The lowest BCUT2D eigenvalue weighted by atomic mass is 9.94. The number of alkyl halides is 3. The first-order chi connectivity index (χ1) is 19.4. The lowest BCUT2D eigenvalue weighted by Gasteiger charge is -2.35. The summed E-state index contributed by atoms with van der Waals surface area (Å²) in [6.45, 7) is 8.92. The molecule has 2 amide bonds. The van der Waals surface area contributed by atoms with Crippen LogP contribution in [0.1, 0.15) is 61.3 Å². The zero-order valence-corrected chi connectivity index (χ0v) is 23.3. The van der Waals surface area contributed by atoms with Gasteiger partial charge in [0.05, 0.1) is 11.3 Å². The van der Waals surface area contributed by atoms with Crippen LogP contribution in [0.2, 0.25) is 0 Å². The minimum absolute atomic E-state index is 0.0579. The van der Waals surface area contributed by atoms with Gasteiger partial charge in [-0.2, -0.15) is 23.4 Å². The molecule has 1 aromatic carbocycles. The Kier molecular flexibility index (Phi) is 7.71. The Hall–Kier alpha value is -4.03. The number of aromatic nitrogens is 4. The van der Waals surface area contributed by atoms with Crippen molar-refractivity contribution >= 4 is 17.8 Å². The van der Waals surface area contributed by atoms with E-state index in [1.165, 1.54) is 29.1 Å². The zero-order chi connectivity index (χ0) is 29.4. The molecule has 3 aromatic rings. The van der Waals surface area contributed by atoms with E-state index in [2.05, 4.69) is 20.2 Å². The van der Waals surface area contributed by atoms with Crippen molar-refractivity contribution in [3.05, 3.63) is 59.5 Å². The van der Waals surface area contributed by atoms with Crippen LogP contribution in [0.5, 0.6) is 0 Å². The number of likely N-dealkylation sites (tertiary alicyclic amines) is 1. The van der Waals surface area contributed by atoms with Gasteiger partial charge in [0.2, 0.25) is 0 Å². The second-order valence-corrected chi connectivity index (χ2v) is 11.4. The fourth-order valence-electron chi connectivity index (χ4n) is 5.13. The number of anilines is 1. The van der Waals surface area contributed by atoms with Crippen LogP contribution in [-0.2, 0) is 10.9 Å². The van der Waals surface area contributed by atoms with Gasteiger partial charge in [-0.25, -0.2) is 9.48 Å². The second-order valence-electron chi connectivity index (χ2n) is 11.4. The summed E-state index contributed by atoms with van der Waals surface area (Å²) in [4.78, 5) is 31.2. The van der Waals surface area contributed by atoms with Crippen LogP contribution >= 0.6 is 0 Å². The molecule has 2 aliphatic rings. The van der Waals surface area contributed by atoms with Crippen molar-refractivity contribution < 1.29 is 27.5 Å². The molecule has 0 radical (unpaired) electrons. The summed E-state index contributed by atoms with van der Waals surface area (Å²) in [6.07, 6.45) is -1.60. The van der Waals surface area contributed by atoms with Gasteiger partial charge in [0.25, 0.3) is 5.91 Å². The highest BCUT2D eigenvalue weighted by molar-refractivity contribution is 5.92. The quantitative estimate of drug-likeness (QED) is 0.486. The molecule has 220 valence electrons. The molecule has 5 rings (SSSR count). The van der Waals surface area contributed by atoms with Crippen molar-refractivity contribution in [2.45, 2.75) is 51.3 Å². The number of halogens is 3. The van der Waals surface area contributed by atoms with E-state index in [-0.39, 0.29) is 29.3 Å². The van der Waals surface area contributed by atoms with Gasteiger partial charge in [0, 0.05) is 63.1 Å². The topological polar surface area (TPSA) is 99.6 Å². The SMILES string of the molecule is CC(C)(C)OC(=O)N1CCN(c2cc(C3CCCN(C(=O)c4ccn(-c5cccc(C(F)(F)F)c5)n4)C3)[nH]n2)CC1. The number of rotatable bonds is 4. The van der Waals surface area contributed by atoms with E-state index in [9.17, 15) is 22.8 Å². The fraction of sp³-hybridized carbons (Fsp3) is 0.500. The molecule has 1 N–H and O–H groups in total. The molecule has 0 spiro atoms. The molecule has 0 saturated carbocycles. The Labute approximate surface area is 236 Å². The van der Waals surface area contributed by atoms with Crippen molar-refractivity contribution in [3.8, 4) is 5.69 Å². The first-order valence-electron chi connectivity index (χ1n) is 13.7. The number of benzene rings is 1. The summed E-state index contributed by atoms with van der Waals surface area (Å²) in [5.74, 6) is 0.591. The lowest BCUT2D eigenvalue weighted by Crippen LogP contribution is -2.50. The van der Waals surface area contributed by atoms with Crippen molar-refractivity contribution in [1.29, 1.82) is 0 Å². The van der Waals surface area contributed by atoms with Gasteiger partial charge in [-0.15, -0.1) is 0 Å². The van der Waals surface area contributed by atoms with Crippen LogP contribution in [0, 0.1) is 0 Å². The number of hydrogen-bond donors (Lipinski definition) is 1. The summed E-state index contributed by atoms with van der Waals surface area (Å²) in [5.41, 5.74) is 0.0228. The summed E-state index contributed by atoms with van der Waals surface area (Å²) < 4.78 is 46.1. The van der Waals surface area contributed by atoms with Gasteiger partial charge in [0.1, 0.15) is 5.60 Å². The minimum atomic E-state index is -4.47. The lowest BCUT2D eigenvalue weighted by molar-refractivity contribution is -0.137. The molecule has 1 atom stereocenters. The molecule has 2 aromatic heterocycles. The highest BCUT2D eigenvalue weighted by Gasteiger charge is 2.32. The summed E-state index contributed by atoms with van der Waals surface area (Å²) in [6, 6.07) is 8.36. The molecule has 0 aliphatic carbocycles. The summed E-state index contributed by atoms with van der Waals surface area (Å²) >= 11 is 0. The number of carbonyl (C=O) groups excluding carboxylic acids is 2.